The maximum absolute atomic E-state index is 5.57. The first-order chi connectivity index (χ1) is 13.0. The van der Waals surface area contributed by atoms with E-state index in [1.165, 1.54) is 0 Å². The van der Waals surface area contributed by atoms with Gasteiger partial charge in [-0.15, -0.1) is 30.6 Å². The van der Waals surface area contributed by atoms with Gasteiger partial charge in [0.25, 0.3) is 0 Å². The zero-order valence-corrected chi connectivity index (χ0v) is 19.4. The minimum atomic E-state index is 0. The molecule has 2 rings (SSSR count). The van der Waals surface area contributed by atoms with Gasteiger partial charge in [-0.05, 0) is 38.0 Å². The number of aryl methyl sites for hydroxylation is 2. The van der Waals surface area contributed by atoms with Crippen LogP contribution in [0.3, 0.4) is 0 Å². The molecule has 0 saturated carbocycles. The lowest BCUT2D eigenvalue weighted by Crippen LogP contribution is -2.36. The van der Waals surface area contributed by atoms with E-state index in [9.17, 15) is 0 Å². The lowest BCUT2D eigenvalue weighted by Gasteiger charge is -2.16. The highest BCUT2D eigenvalue weighted by atomic mass is 127. The Morgan fingerprint density at radius 1 is 1.21 bits per heavy atom. The standard InChI is InChI=1S/C20H28N4O3.HI/c1-7-8-16-9-15(10-17(25-5)19(16)26-6)11-22-20(21-4)23-12-18-24-13(2)14(3)27-18;/h7,9-10H,1,8,11-12H2,2-6H3,(H2,21,22,23);1H. The number of methoxy groups -OCH3 is 2. The highest BCUT2D eigenvalue weighted by molar-refractivity contribution is 14.0. The normalized spacial score (nSPS) is 10.8. The molecule has 1 aromatic heterocycles. The van der Waals surface area contributed by atoms with Crippen molar-refractivity contribution in [2.75, 3.05) is 21.3 Å². The second-order valence-electron chi connectivity index (χ2n) is 6.01. The molecule has 0 unspecified atom stereocenters. The van der Waals surface area contributed by atoms with Gasteiger partial charge in [-0.2, -0.15) is 0 Å². The zero-order chi connectivity index (χ0) is 19.8. The van der Waals surface area contributed by atoms with Crippen LogP contribution >= 0.6 is 24.0 Å². The van der Waals surface area contributed by atoms with Crippen molar-refractivity contribution in [3.05, 3.63) is 53.3 Å². The van der Waals surface area contributed by atoms with Crippen molar-refractivity contribution in [1.82, 2.24) is 15.6 Å². The Bertz CT molecular complexity index is 799. The van der Waals surface area contributed by atoms with Gasteiger partial charge in [-0.3, -0.25) is 4.99 Å². The van der Waals surface area contributed by atoms with E-state index < -0.39 is 0 Å². The molecule has 0 aliphatic rings. The van der Waals surface area contributed by atoms with Crippen LogP contribution in [0.4, 0.5) is 0 Å². The molecule has 0 saturated heterocycles. The first-order valence-electron chi connectivity index (χ1n) is 8.74. The largest absolute Gasteiger partial charge is 0.493 e. The van der Waals surface area contributed by atoms with Gasteiger partial charge in [0.15, 0.2) is 17.5 Å². The van der Waals surface area contributed by atoms with Gasteiger partial charge in [0, 0.05) is 19.2 Å². The molecule has 2 aromatic rings. The topological polar surface area (TPSA) is 80.9 Å². The van der Waals surface area contributed by atoms with E-state index in [-0.39, 0.29) is 24.0 Å². The molecule has 0 radical (unpaired) electrons. The SMILES string of the molecule is C=CCc1cc(CNC(=NC)NCc2nc(C)c(C)o2)cc(OC)c1OC.I. The third kappa shape index (κ3) is 6.15. The van der Waals surface area contributed by atoms with E-state index in [0.717, 1.165) is 28.3 Å². The summed E-state index contributed by atoms with van der Waals surface area (Å²) in [6, 6.07) is 4.02. The van der Waals surface area contributed by atoms with Crippen molar-refractivity contribution in [3.63, 3.8) is 0 Å². The number of hydrogen-bond acceptors (Lipinski definition) is 5. The van der Waals surface area contributed by atoms with E-state index in [2.05, 4.69) is 33.3 Å². The summed E-state index contributed by atoms with van der Waals surface area (Å²) in [5, 5.41) is 6.48. The van der Waals surface area contributed by atoms with E-state index in [1.807, 2.05) is 26.0 Å². The van der Waals surface area contributed by atoms with E-state index in [0.29, 0.717) is 37.1 Å². The maximum Gasteiger partial charge on any atom is 0.214 e. The molecule has 154 valence electrons. The molecule has 1 aromatic carbocycles. The van der Waals surface area contributed by atoms with Crippen LogP contribution in [0, 0.1) is 13.8 Å². The first-order valence-corrected chi connectivity index (χ1v) is 8.74. The van der Waals surface area contributed by atoms with Gasteiger partial charge in [0.2, 0.25) is 5.89 Å². The van der Waals surface area contributed by atoms with E-state index >= 15 is 0 Å². The van der Waals surface area contributed by atoms with Crippen LogP contribution in [-0.2, 0) is 19.5 Å². The molecule has 0 aliphatic heterocycles. The predicted molar refractivity (Wildman–Crippen MR) is 122 cm³/mol. The third-order valence-electron chi connectivity index (χ3n) is 4.14. The first kappa shape index (κ1) is 23.8. The fourth-order valence-corrected chi connectivity index (χ4v) is 2.70. The average Bonchev–Trinajstić information content (AvgIpc) is 2.99. The summed E-state index contributed by atoms with van der Waals surface area (Å²) >= 11 is 0. The number of rotatable bonds is 8. The number of aliphatic imine (C=N–C) groups is 1. The van der Waals surface area contributed by atoms with E-state index in [1.54, 1.807) is 21.3 Å². The van der Waals surface area contributed by atoms with Gasteiger partial charge < -0.3 is 24.5 Å². The second kappa shape index (κ2) is 11.6. The van der Waals surface area contributed by atoms with Gasteiger partial charge in [0.1, 0.15) is 5.76 Å². The maximum atomic E-state index is 5.57. The number of benzene rings is 1. The van der Waals surface area contributed by atoms with Crippen molar-refractivity contribution >= 4 is 29.9 Å². The summed E-state index contributed by atoms with van der Waals surface area (Å²) in [4.78, 5) is 8.59. The Morgan fingerprint density at radius 3 is 2.46 bits per heavy atom. The number of oxazole rings is 1. The monoisotopic (exact) mass is 500 g/mol. The van der Waals surface area contributed by atoms with Gasteiger partial charge >= 0.3 is 0 Å². The Kier molecular flexibility index (Phi) is 9.84. The van der Waals surface area contributed by atoms with Crippen molar-refractivity contribution in [1.29, 1.82) is 0 Å². The molecule has 2 N–H and O–H groups in total. The predicted octanol–water partition coefficient (Wildman–Crippen LogP) is 3.52. The summed E-state index contributed by atoms with van der Waals surface area (Å²) in [6.45, 7) is 8.67. The number of nitrogens with one attached hydrogen (secondary N) is 2. The lowest BCUT2D eigenvalue weighted by atomic mass is 10.1. The summed E-state index contributed by atoms with van der Waals surface area (Å²) < 4.78 is 16.5. The molecule has 0 spiro atoms. The smallest absolute Gasteiger partial charge is 0.214 e. The number of allylic oxidation sites excluding steroid dienone is 1. The summed E-state index contributed by atoms with van der Waals surface area (Å²) in [6.07, 6.45) is 2.54. The van der Waals surface area contributed by atoms with Crippen molar-refractivity contribution in [2.24, 2.45) is 4.99 Å². The summed E-state index contributed by atoms with van der Waals surface area (Å²) in [5.74, 6) is 3.55. The zero-order valence-electron chi connectivity index (χ0n) is 17.1. The molecule has 0 fully saturated rings. The molecule has 0 bridgehead atoms. The highest BCUT2D eigenvalue weighted by Crippen LogP contribution is 2.33. The van der Waals surface area contributed by atoms with Crippen LogP contribution in [0.1, 0.15) is 28.5 Å². The van der Waals surface area contributed by atoms with Gasteiger partial charge in [0.05, 0.1) is 26.5 Å². The molecule has 7 nitrogen and oxygen atoms in total. The number of ether oxygens (including phenoxy) is 2. The summed E-state index contributed by atoms with van der Waals surface area (Å²) in [5.41, 5.74) is 2.97. The second-order valence-corrected chi connectivity index (χ2v) is 6.01. The van der Waals surface area contributed by atoms with Crippen LogP contribution in [0.2, 0.25) is 0 Å². The minimum absolute atomic E-state index is 0. The highest BCUT2D eigenvalue weighted by Gasteiger charge is 2.12. The molecule has 8 heteroatoms. The number of nitrogens with zero attached hydrogens (tertiary/aromatic N) is 2. The van der Waals surface area contributed by atoms with Crippen molar-refractivity contribution in [2.45, 2.75) is 33.4 Å². The number of aromatic nitrogens is 1. The van der Waals surface area contributed by atoms with Crippen LogP contribution in [0.5, 0.6) is 11.5 Å². The molecule has 0 atom stereocenters. The quantitative estimate of drug-likeness (QED) is 0.250. The number of hydrogen-bond donors (Lipinski definition) is 2. The van der Waals surface area contributed by atoms with Crippen LogP contribution in [0.15, 0.2) is 34.2 Å². The fraction of sp³-hybridized carbons (Fsp3) is 0.400. The minimum Gasteiger partial charge on any atom is -0.493 e. The van der Waals surface area contributed by atoms with Crippen molar-refractivity contribution < 1.29 is 13.9 Å². The molecule has 0 amide bonds. The van der Waals surface area contributed by atoms with Gasteiger partial charge in [-0.1, -0.05) is 6.08 Å². The molecular weight excluding hydrogens is 471 g/mol. The molecule has 28 heavy (non-hydrogen) atoms. The molecule has 0 aliphatic carbocycles. The number of guanidine groups is 1. The fourth-order valence-electron chi connectivity index (χ4n) is 2.70. The Hall–Kier alpha value is -2.23. The molecular formula is C20H29IN4O3. The van der Waals surface area contributed by atoms with Crippen molar-refractivity contribution in [3.8, 4) is 11.5 Å². The van der Waals surface area contributed by atoms with Crippen LogP contribution in [-0.4, -0.2) is 32.2 Å². The molecule has 1 heterocycles. The summed E-state index contributed by atoms with van der Waals surface area (Å²) in [7, 11) is 4.99. The van der Waals surface area contributed by atoms with E-state index in [4.69, 9.17) is 13.9 Å². The Morgan fingerprint density at radius 2 is 1.93 bits per heavy atom. The lowest BCUT2D eigenvalue weighted by molar-refractivity contribution is 0.352. The van der Waals surface area contributed by atoms with Gasteiger partial charge in [-0.25, -0.2) is 4.98 Å². The average molecular weight is 500 g/mol. The van der Waals surface area contributed by atoms with Crippen LogP contribution < -0.4 is 20.1 Å². The van der Waals surface area contributed by atoms with Crippen LogP contribution in [0.25, 0.3) is 0 Å². The third-order valence-corrected chi connectivity index (χ3v) is 4.14. The Labute approximate surface area is 183 Å². The Balaban J connectivity index is 0.00000392. The number of halogens is 1.